The van der Waals surface area contributed by atoms with Crippen molar-refractivity contribution in [2.24, 2.45) is 7.05 Å². The molecule has 4 aromatic heterocycles. The smallest absolute Gasteiger partial charge is 0.353 e. The van der Waals surface area contributed by atoms with Crippen molar-refractivity contribution in [2.45, 2.75) is 20.4 Å². The maximum Gasteiger partial charge on any atom is 0.353 e. The molecule has 0 saturated carbocycles. The molecule has 0 aliphatic heterocycles. The number of hydrogen-bond donors (Lipinski definition) is 2. The lowest BCUT2D eigenvalue weighted by Gasteiger charge is -2.12. The molecule has 10 nitrogen and oxygen atoms in total. The minimum atomic E-state index is -0.402. The van der Waals surface area contributed by atoms with Gasteiger partial charge in [0, 0.05) is 61.3 Å². The number of nitrogens with two attached hydrogens (primary N) is 1. The van der Waals surface area contributed by atoms with Gasteiger partial charge in [-0.15, -0.1) is 5.10 Å². The number of rotatable bonds is 4. The maximum atomic E-state index is 13.3. The van der Waals surface area contributed by atoms with E-state index in [1.54, 1.807) is 20.0 Å². The summed E-state index contributed by atoms with van der Waals surface area (Å²) in [6.07, 6.45) is 3.48. The lowest BCUT2D eigenvalue weighted by atomic mass is 9.99. The lowest BCUT2D eigenvalue weighted by molar-refractivity contribution is -0.912. The fraction of sp³-hybridized carbons (Fsp3) is 0.174. The average molecular weight is 443 g/mol. The summed E-state index contributed by atoms with van der Waals surface area (Å²) in [5, 5.41) is 14.9. The quantitative estimate of drug-likeness (QED) is 0.322. The fourth-order valence-electron chi connectivity index (χ4n) is 4.00. The monoisotopic (exact) mass is 443 g/mol. The molecule has 0 aliphatic carbocycles. The summed E-state index contributed by atoms with van der Waals surface area (Å²) < 4.78 is 5.59. The Morgan fingerprint density at radius 2 is 1.79 bits per heavy atom. The van der Waals surface area contributed by atoms with Crippen molar-refractivity contribution in [2.75, 3.05) is 5.73 Å². The van der Waals surface area contributed by atoms with Crippen molar-refractivity contribution in [3.8, 4) is 22.4 Å². The Bertz CT molecular complexity index is 1540. The topological polar surface area (TPSA) is 120 Å². The number of pyridine rings is 1. The highest BCUT2D eigenvalue weighted by molar-refractivity contribution is 5.90. The summed E-state index contributed by atoms with van der Waals surface area (Å²) in [6, 6.07) is 13.3. The first-order valence-electron chi connectivity index (χ1n) is 10.4. The molecule has 0 radical (unpaired) electrons. The third-order valence-electron chi connectivity index (χ3n) is 5.70. The third kappa shape index (κ3) is 3.32. The Morgan fingerprint density at radius 1 is 1.09 bits per heavy atom. The number of nitrogens with zero attached hydrogens (tertiary/aromatic N) is 7. The highest BCUT2D eigenvalue weighted by Crippen LogP contribution is 2.34. The van der Waals surface area contributed by atoms with Crippen molar-refractivity contribution >= 4 is 11.6 Å². The van der Waals surface area contributed by atoms with E-state index < -0.39 is 5.69 Å². The van der Waals surface area contributed by atoms with Gasteiger partial charge in [0.05, 0.1) is 11.3 Å². The van der Waals surface area contributed by atoms with Crippen molar-refractivity contribution in [3.05, 3.63) is 82.6 Å². The summed E-state index contributed by atoms with van der Waals surface area (Å²) in [5.74, 6) is 0.731. The number of anilines is 1. The molecule has 0 fully saturated rings. The van der Waals surface area contributed by atoms with E-state index in [2.05, 4.69) is 15.1 Å². The zero-order chi connectivity index (χ0) is 23.3. The molecule has 166 valence electrons. The molecular formula is C23H23N8O2+. The highest BCUT2D eigenvalue weighted by Gasteiger charge is 2.24. The summed E-state index contributed by atoms with van der Waals surface area (Å²) in [5.41, 5.74) is 10.4. The van der Waals surface area contributed by atoms with Crippen LogP contribution in [0.2, 0.25) is 0 Å². The number of aromatic nitrogens is 7. The Hall–Kier alpha value is -4.47. The molecule has 33 heavy (non-hydrogen) atoms. The minimum Gasteiger partial charge on any atom is -0.369 e. The van der Waals surface area contributed by atoms with Gasteiger partial charge in [-0.1, -0.05) is 30.3 Å². The van der Waals surface area contributed by atoms with Gasteiger partial charge in [0.15, 0.2) is 5.65 Å². The SMILES string of the molecule is Cc1cc(-c2c(-c3ccccc3)nc(N)n3c(=O)n(Cc4nccn4C)nc23)cc(C)[n+]1O. The van der Waals surface area contributed by atoms with Crippen LogP contribution in [0.25, 0.3) is 28.0 Å². The van der Waals surface area contributed by atoms with E-state index >= 15 is 0 Å². The first-order valence-corrected chi connectivity index (χ1v) is 10.4. The lowest BCUT2D eigenvalue weighted by Crippen LogP contribution is -2.37. The van der Waals surface area contributed by atoms with E-state index in [-0.39, 0.29) is 12.5 Å². The Labute approximate surface area is 188 Å². The second kappa shape index (κ2) is 7.59. The Balaban J connectivity index is 1.85. The van der Waals surface area contributed by atoms with Gasteiger partial charge in [-0.05, 0) is 0 Å². The largest absolute Gasteiger partial charge is 0.369 e. The van der Waals surface area contributed by atoms with E-state index in [9.17, 15) is 10.0 Å². The molecule has 0 saturated heterocycles. The Kier molecular flexibility index (Phi) is 4.70. The first-order chi connectivity index (χ1) is 15.8. The molecule has 3 N–H and O–H groups in total. The highest BCUT2D eigenvalue weighted by atomic mass is 16.5. The molecule has 5 aromatic rings. The molecule has 0 spiro atoms. The second-order valence-corrected chi connectivity index (χ2v) is 7.95. The van der Waals surface area contributed by atoms with E-state index in [4.69, 9.17) is 5.73 Å². The van der Waals surface area contributed by atoms with E-state index in [1.165, 1.54) is 9.08 Å². The standard InChI is InChI=1S/C23H22N8O2/c1-14-11-17(12-15(2)31(14)33)19-20(16-7-5-4-6-8-16)26-22(24)30-21(19)27-29(23(30)32)13-18-25-9-10-28(18)3/h4-12,24,33H,13H2,1-3H3/p+1. The zero-order valence-corrected chi connectivity index (χ0v) is 18.5. The normalized spacial score (nSPS) is 11.4. The van der Waals surface area contributed by atoms with Gasteiger partial charge in [0.1, 0.15) is 12.4 Å². The van der Waals surface area contributed by atoms with Crippen LogP contribution in [0.4, 0.5) is 5.95 Å². The second-order valence-electron chi connectivity index (χ2n) is 7.95. The zero-order valence-electron chi connectivity index (χ0n) is 18.5. The third-order valence-corrected chi connectivity index (χ3v) is 5.70. The van der Waals surface area contributed by atoms with Crippen molar-refractivity contribution in [1.29, 1.82) is 0 Å². The van der Waals surface area contributed by atoms with Gasteiger partial charge in [0.2, 0.25) is 17.3 Å². The van der Waals surface area contributed by atoms with Crippen LogP contribution < -0.4 is 16.2 Å². The molecule has 0 aliphatic rings. The Morgan fingerprint density at radius 3 is 2.42 bits per heavy atom. The van der Waals surface area contributed by atoms with Crippen molar-refractivity contribution < 1.29 is 9.94 Å². The molecule has 0 atom stereocenters. The number of hydrogen-bond acceptors (Lipinski definition) is 6. The van der Waals surface area contributed by atoms with E-state index in [0.29, 0.717) is 34.1 Å². The van der Waals surface area contributed by atoms with E-state index in [0.717, 1.165) is 15.9 Å². The number of benzene rings is 1. The van der Waals surface area contributed by atoms with Gasteiger partial charge in [-0.25, -0.2) is 23.8 Å². The van der Waals surface area contributed by atoms with Crippen LogP contribution in [0.1, 0.15) is 17.2 Å². The summed E-state index contributed by atoms with van der Waals surface area (Å²) in [7, 11) is 1.86. The van der Waals surface area contributed by atoms with Crippen LogP contribution in [-0.2, 0) is 13.6 Å². The van der Waals surface area contributed by atoms with Crippen molar-refractivity contribution in [1.82, 2.24) is 28.7 Å². The number of imidazole rings is 1. The molecule has 10 heteroatoms. The van der Waals surface area contributed by atoms with Gasteiger partial charge in [0.25, 0.3) is 0 Å². The average Bonchev–Trinajstić information content (AvgIpc) is 3.35. The molecule has 5 rings (SSSR count). The molecule has 1 aromatic carbocycles. The number of fused-ring (bicyclic) bond motifs is 1. The van der Waals surface area contributed by atoms with Crippen LogP contribution in [-0.4, -0.2) is 33.9 Å². The van der Waals surface area contributed by atoms with Crippen LogP contribution in [0.15, 0.2) is 59.7 Å². The molecule has 4 heterocycles. The van der Waals surface area contributed by atoms with Crippen LogP contribution in [0.3, 0.4) is 0 Å². The minimum absolute atomic E-state index is 0.0466. The van der Waals surface area contributed by atoms with Gasteiger partial charge in [-0.3, -0.25) is 5.21 Å². The van der Waals surface area contributed by atoms with Gasteiger partial charge in [-0.2, -0.15) is 0 Å². The predicted octanol–water partition coefficient (Wildman–Crippen LogP) is 1.73. The predicted molar refractivity (Wildman–Crippen MR) is 122 cm³/mol. The number of aryl methyl sites for hydroxylation is 3. The van der Waals surface area contributed by atoms with Crippen molar-refractivity contribution in [3.63, 3.8) is 0 Å². The van der Waals surface area contributed by atoms with Crippen LogP contribution >= 0.6 is 0 Å². The summed E-state index contributed by atoms with van der Waals surface area (Å²) >= 11 is 0. The molecule has 0 unspecified atom stereocenters. The maximum absolute atomic E-state index is 13.3. The molecular weight excluding hydrogens is 420 g/mol. The summed E-state index contributed by atoms with van der Waals surface area (Å²) in [6.45, 7) is 3.78. The van der Waals surface area contributed by atoms with Crippen LogP contribution in [0, 0.1) is 13.8 Å². The van der Waals surface area contributed by atoms with Gasteiger partial charge < -0.3 is 10.3 Å². The molecule has 0 bridgehead atoms. The first kappa shape index (κ1) is 20.4. The summed E-state index contributed by atoms with van der Waals surface area (Å²) in [4.78, 5) is 22.2. The number of nitrogen functional groups attached to an aromatic ring is 1. The van der Waals surface area contributed by atoms with E-state index in [1.807, 2.05) is 60.3 Å². The van der Waals surface area contributed by atoms with Gasteiger partial charge >= 0.3 is 5.69 Å². The molecule has 0 amide bonds. The fourth-order valence-corrected chi connectivity index (χ4v) is 4.00. The van der Waals surface area contributed by atoms with Crippen LogP contribution in [0.5, 0.6) is 0 Å².